The first-order chi connectivity index (χ1) is 15.7. The Balaban J connectivity index is 1.83. The summed E-state index contributed by atoms with van der Waals surface area (Å²) < 4.78 is 56.2. The van der Waals surface area contributed by atoms with Crippen LogP contribution in [0.2, 0.25) is 0 Å². The van der Waals surface area contributed by atoms with Gasteiger partial charge in [0.25, 0.3) is 0 Å². The number of carbonyl (C=O) groups excluding carboxylic acids is 2. The number of carbonyl (C=O) groups is 2. The van der Waals surface area contributed by atoms with E-state index < -0.39 is 29.5 Å². The third kappa shape index (κ3) is 5.30. The summed E-state index contributed by atoms with van der Waals surface area (Å²) in [6, 6.07) is 7.34. The van der Waals surface area contributed by atoms with Crippen molar-refractivity contribution in [3.63, 3.8) is 0 Å². The molecule has 0 radical (unpaired) electrons. The number of amides is 1. The Morgan fingerprint density at radius 3 is 2.33 bits per heavy atom. The zero-order valence-corrected chi connectivity index (χ0v) is 18.4. The van der Waals surface area contributed by atoms with E-state index in [9.17, 15) is 22.8 Å². The van der Waals surface area contributed by atoms with Crippen LogP contribution in [0, 0.1) is 0 Å². The number of nitrogens with zero attached hydrogens (tertiary/aromatic N) is 1. The van der Waals surface area contributed by atoms with E-state index in [-0.39, 0.29) is 23.4 Å². The highest BCUT2D eigenvalue weighted by Crippen LogP contribution is 2.42. The summed E-state index contributed by atoms with van der Waals surface area (Å²) in [6.07, 6.45) is -1.46. The smallest absolute Gasteiger partial charge is 0.416 e. The standard InChI is InChI=1S/C24H24F3NO5/c1-31-16-7-8-18(24(25,26)27)17(14-16)19-5-4-12-28(19)23(30)11-9-20(29)15-6-10-21(32-2)22(13-15)33-3/h6-11,13-14,19H,4-5,12H2,1-3H3/b11-9+. The number of likely N-dealkylation sites (tertiary alicyclic amines) is 1. The van der Waals surface area contributed by atoms with Gasteiger partial charge in [-0.3, -0.25) is 9.59 Å². The van der Waals surface area contributed by atoms with Crippen LogP contribution < -0.4 is 14.2 Å². The van der Waals surface area contributed by atoms with Gasteiger partial charge >= 0.3 is 6.18 Å². The molecular weight excluding hydrogens is 439 g/mol. The number of hydrogen-bond acceptors (Lipinski definition) is 5. The molecule has 9 heteroatoms. The molecule has 0 aliphatic carbocycles. The zero-order valence-electron chi connectivity index (χ0n) is 18.4. The van der Waals surface area contributed by atoms with Crippen LogP contribution in [0.15, 0.2) is 48.6 Å². The van der Waals surface area contributed by atoms with Crippen molar-refractivity contribution in [2.75, 3.05) is 27.9 Å². The molecule has 1 saturated heterocycles. The van der Waals surface area contributed by atoms with E-state index in [1.807, 2.05) is 0 Å². The number of ketones is 1. The molecule has 1 aliphatic heterocycles. The number of benzene rings is 2. The van der Waals surface area contributed by atoms with Crippen molar-refractivity contribution < 1.29 is 37.0 Å². The second-order valence-corrected chi connectivity index (χ2v) is 7.41. The van der Waals surface area contributed by atoms with Crippen molar-refractivity contribution in [3.8, 4) is 17.2 Å². The second kappa shape index (κ2) is 9.97. The van der Waals surface area contributed by atoms with E-state index in [0.717, 1.165) is 18.2 Å². The molecular formula is C24H24F3NO5. The number of halogens is 3. The van der Waals surface area contributed by atoms with Crippen LogP contribution in [0.3, 0.4) is 0 Å². The van der Waals surface area contributed by atoms with E-state index in [1.54, 1.807) is 6.07 Å². The average Bonchev–Trinajstić information content (AvgIpc) is 3.30. The summed E-state index contributed by atoms with van der Waals surface area (Å²) in [5.41, 5.74) is -0.549. The topological polar surface area (TPSA) is 65.1 Å². The van der Waals surface area contributed by atoms with Crippen LogP contribution >= 0.6 is 0 Å². The van der Waals surface area contributed by atoms with Crippen LogP contribution in [-0.4, -0.2) is 44.5 Å². The fourth-order valence-electron chi connectivity index (χ4n) is 3.88. The number of alkyl halides is 3. The number of rotatable bonds is 7. The fourth-order valence-corrected chi connectivity index (χ4v) is 3.88. The Morgan fingerprint density at radius 1 is 0.970 bits per heavy atom. The van der Waals surface area contributed by atoms with Gasteiger partial charge in [-0.25, -0.2) is 0 Å². The molecule has 0 aromatic heterocycles. The molecule has 0 saturated carbocycles. The van der Waals surface area contributed by atoms with Gasteiger partial charge in [-0.15, -0.1) is 0 Å². The number of hydrogen-bond donors (Lipinski definition) is 0. The van der Waals surface area contributed by atoms with Crippen LogP contribution in [0.25, 0.3) is 0 Å². The van der Waals surface area contributed by atoms with Crippen molar-refractivity contribution in [2.24, 2.45) is 0 Å². The molecule has 3 rings (SSSR count). The first-order valence-electron chi connectivity index (χ1n) is 10.2. The molecule has 1 aliphatic rings. The predicted octanol–water partition coefficient (Wildman–Crippen LogP) is 4.83. The lowest BCUT2D eigenvalue weighted by Gasteiger charge is -2.27. The van der Waals surface area contributed by atoms with Crippen LogP contribution in [-0.2, 0) is 11.0 Å². The van der Waals surface area contributed by atoms with Crippen molar-refractivity contribution in [1.29, 1.82) is 0 Å². The Kier molecular flexibility index (Phi) is 7.30. The lowest BCUT2D eigenvalue weighted by Crippen LogP contribution is -2.30. The first kappa shape index (κ1) is 24.2. The summed E-state index contributed by atoms with van der Waals surface area (Å²) >= 11 is 0. The fraction of sp³-hybridized carbons (Fsp3) is 0.333. The van der Waals surface area contributed by atoms with E-state index >= 15 is 0 Å². The predicted molar refractivity (Wildman–Crippen MR) is 115 cm³/mol. The normalized spacial score (nSPS) is 16.2. The van der Waals surface area contributed by atoms with Gasteiger partial charge in [0, 0.05) is 18.2 Å². The maximum atomic E-state index is 13.6. The molecule has 176 valence electrons. The lowest BCUT2D eigenvalue weighted by atomic mass is 9.97. The summed E-state index contributed by atoms with van der Waals surface area (Å²) in [6.45, 7) is 0.285. The number of methoxy groups -OCH3 is 3. The second-order valence-electron chi connectivity index (χ2n) is 7.41. The molecule has 2 aromatic carbocycles. The largest absolute Gasteiger partial charge is 0.497 e. The lowest BCUT2D eigenvalue weighted by molar-refractivity contribution is -0.139. The highest BCUT2D eigenvalue weighted by molar-refractivity contribution is 6.08. The molecule has 1 amide bonds. The van der Waals surface area contributed by atoms with Gasteiger partial charge in [-0.05, 0) is 60.9 Å². The molecule has 1 fully saturated rings. The highest BCUT2D eigenvalue weighted by Gasteiger charge is 2.39. The van der Waals surface area contributed by atoms with Gasteiger partial charge in [-0.1, -0.05) is 0 Å². The third-order valence-corrected chi connectivity index (χ3v) is 5.50. The van der Waals surface area contributed by atoms with E-state index in [4.69, 9.17) is 14.2 Å². The van der Waals surface area contributed by atoms with Crippen molar-refractivity contribution in [3.05, 3.63) is 65.2 Å². The quantitative estimate of drug-likeness (QED) is 0.435. The molecule has 0 spiro atoms. The summed E-state index contributed by atoms with van der Waals surface area (Å²) in [5.74, 6) is 0.101. The minimum atomic E-state index is -4.57. The van der Waals surface area contributed by atoms with Crippen LogP contribution in [0.5, 0.6) is 17.2 Å². The molecule has 1 atom stereocenters. The molecule has 0 N–H and O–H groups in total. The van der Waals surface area contributed by atoms with Crippen molar-refractivity contribution >= 4 is 11.7 Å². The minimum absolute atomic E-state index is 0.0210. The van der Waals surface area contributed by atoms with Crippen LogP contribution in [0.4, 0.5) is 13.2 Å². The SMILES string of the molecule is COc1ccc(C(F)(F)F)c(C2CCCN2C(=O)/C=C/C(=O)c2ccc(OC)c(OC)c2)c1. The van der Waals surface area contributed by atoms with Gasteiger partial charge in [0.15, 0.2) is 17.3 Å². The third-order valence-electron chi connectivity index (χ3n) is 5.50. The highest BCUT2D eigenvalue weighted by atomic mass is 19.4. The molecule has 1 unspecified atom stereocenters. The summed E-state index contributed by atoms with van der Waals surface area (Å²) in [7, 11) is 4.27. The number of allylic oxidation sites excluding steroid dienone is 1. The van der Waals surface area contributed by atoms with Crippen molar-refractivity contribution in [1.82, 2.24) is 4.90 Å². The molecule has 0 bridgehead atoms. The Labute approximate surface area is 189 Å². The Morgan fingerprint density at radius 2 is 1.70 bits per heavy atom. The molecule has 1 heterocycles. The van der Waals surface area contributed by atoms with E-state index in [0.29, 0.717) is 24.3 Å². The van der Waals surface area contributed by atoms with E-state index in [2.05, 4.69) is 0 Å². The van der Waals surface area contributed by atoms with Gasteiger partial charge in [0.1, 0.15) is 5.75 Å². The molecule has 33 heavy (non-hydrogen) atoms. The van der Waals surface area contributed by atoms with Crippen molar-refractivity contribution in [2.45, 2.75) is 25.1 Å². The van der Waals surface area contributed by atoms with Gasteiger partial charge in [0.05, 0.1) is 32.9 Å². The Hall–Kier alpha value is -3.49. The Bertz CT molecular complexity index is 1060. The summed E-state index contributed by atoms with van der Waals surface area (Å²) in [4.78, 5) is 26.7. The van der Waals surface area contributed by atoms with Gasteiger partial charge in [-0.2, -0.15) is 13.2 Å². The molecule has 2 aromatic rings. The summed E-state index contributed by atoms with van der Waals surface area (Å²) in [5, 5.41) is 0. The van der Waals surface area contributed by atoms with Gasteiger partial charge < -0.3 is 19.1 Å². The number of ether oxygens (including phenoxy) is 3. The van der Waals surface area contributed by atoms with Gasteiger partial charge in [0.2, 0.25) is 5.91 Å². The monoisotopic (exact) mass is 463 g/mol. The molecule has 6 nitrogen and oxygen atoms in total. The first-order valence-corrected chi connectivity index (χ1v) is 10.2. The van der Waals surface area contributed by atoms with E-state index in [1.165, 1.54) is 50.5 Å². The van der Waals surface area contributed by atoms with Crippen LogP contribution in [0.1, 0.15) is 40.4 Å². The minimum Gasteiger partial charge on any atom is -0.497 e. The maximum Gasteiger partial charge on any atom is 0.416 e. The average molecular weight is 463 g/mol. The zero-order chi connectivity index (χ0) is 24.2. The maximum absolute atomic E-state index is 13.6.